The van der Waals surface area contributed by atoms with Gasteiger partial charge < -0.3 is 4.90 Å². The summed E-state index contributed by atoms with van der Waals surface area (Å²) >= 11 is 0. The van der Waals surface area contributed by atoms with E-state index in [-0.39, 0.29) is 0 Å². The second-order valence-corrected chi connectivity index (χ2v) is 6.69. The highest BCUT2D eigenvalue weighted by Gasteiger charge is 2.30. The summed E-state index contributed by atoms with van der Waals surface area (Å²) in [7, 11) is 0. The van der Waals surface area contributed by atoms with Crippen LogP contribution in [0.2, 0.25) is 0 Å². The van der Waals surface area contributed by atoms with Crippen LogP contribution in [0.3, 0.4) is 0 Å². The molecule has 1 saturated carbocycles. The molecule has 2 heterocycles. The van der Waals surface area contributed by atoms with Gasteiger partial charge in [-0.1, -0.05) is 33.1 Å². The van der Waals surface area contributed by atoms with Crippen molar-refractivity contribution in [3.8, 4) is 0 Å². The summed E-state index contributed by atoms with van der Waals surface area (Å²) in [6.45, 7) is 10.3. The largest absolute Gasteiger partial charge is 0.301 e. The molecule has 3 rings (SSSR count). The topological polar surface area (TPSA) is 50.1 Å². The first-order valence-corrected chi connectivity index (χ1v) is 9.07. The maximum absolute atomic E-state index is 4.44. The molecule has 0 aromatic carbocycles. The molecule has 0 radical (unpaired) electrons. The Labute approximate surface area is 133 Å². The average molecular weight is 306 g/mol. The van der Waals surface area contributed by atoms with Crippen molar-refractivity contribution >= 4 is 0 Å². The maximum Gasteiger partial charge on any atom is 0.168 e. The van der Waals surface area contributed by atoms with Crippen molar-refractivity contribution in [2.75, 3.05) is 32.7 Å². The van der Waals surface area contributed by atoms with E-state index in [4.69, 9.17) is 0 Å². The average Bonchev–Trinajstić information content (AvgIpc) is 3.23. The third-order valence-corrected chi connectivity index (χ3v) is 5.34. The summed E-state index contributed by atoms with van der Waals surface area (Å²) < 4.78 is 2.15. The molecule has 1 atom stereocenters. The number of hydrogen-bond donors (Lipinski definition) is 0. The number of nitrogens with zero attached hydrogens (tertiary/aromatic N) is 6. The molecule has 124 valence electrons. The molecular weight excluding hydrogens is 276 g/mol. The lowest BCUT2D eigenvalue weighted by Crippen LogP contribution is -2.47. The van der Waals surface area contributed by atoms with E-state index in [9.17, 15) is 0 Å². The second-order valence-electron chi connectivity index (χ2n) is 6.69. The molecule has 0 amide bonds. The van der Waals surface area contributed by atoms with Crippen LogP contribution in [-0.2, 0) is 0 Å². The predicted molar refractivity (Wildman–Crippen MR) is 86.7 cm³/mol. The van der Waals surface area contributed by atoms with Gasteiger partial charge in [-0.25, -0.2) is 4.68 Å². The van der Waals surface area contributed by atoms with Gasteiger partial charge in [0.15, 0.2) is 5.82 Å². The zero-order valence-electron chi connectivity index (χ0n) is 14.1. The van der Waals surface area contributed by atoms with Gasteiger partial charge in [0.2, 0.25) is 0 Å². The minimum Gasteiger partial charge on any atom is -0.301 e. The Hall–Kier alpha value is -1.01. The van der Waals surface area contributed by atoms with E-state index in [0.717, 1.165) is 31.9 Å². The van der Waals surface area contributed by atoms with Gasteiger partial charge in [-0.2, -0.15) is 0 Å². The van der Waals surface area contributed by atoms with E-state index in [0.29, 0.717) is 12.1 Å². The summed E-state index contributed by atoms with van der Waals surface area (Å²) in [6, 6.07) is 0.917. The van der Waals surface area contributed by atoms with Gasteiger partial charge in [-0.05, 0) is 36.2 Å². The Kier molecular flexibility index (Phi) is 5.41. The van der Waals surface area contributed by atoms with Crippen molar-refractivity contribution in [2.45, 2.75) is 64.5 Å². The Morgan fingerprint density at radius 1 is 1.09 bits per heavy atom. The molecule has 1 aliphatic carbocycles. The molecule has 0 bridgehead atoms. The van der Waals surface area contributed by atoms with Gasteiger partial charge in [0, 0.05) is 26.2 Å². The summed E-state index contributed by atoms with van der Waals surface area (Å²) in [5, 5.41) is 12.8. The third kappa shape index (κ3) is 3.33. The molecule has 2 aliphatic rings. The molecule has 1 saturated heterocycles. The first kappa shape index (κ1) is 15.9. The molecule has 0 N–H and O–H groups in total. The Bertz CT molecular complexity index is 445. The van der Waals surface area contributed by atoms with Crippen LogP contribution in [0.15, 0.2) is 0 Å². The lowest BCUT2D eigenvalue weighted by atomic mass is 10.1. The fraction of sp³-hybridized carbons (Fsp3) is 0.938. The van der Waals surface area contributed by atoms with Gasteiger partial charge in [0.25, 0.3) is 0 Å². The zero-order valence-corrected chi connectivity index (χ0v) is 14.1. The van der Waals surface area contributed by atoms with Crippen LogP contribution < -0.4 is 0 Å². The fourth-order valence-corrected chi connectivity index (χ4v) is 3.97. The van der Waals surface area contributed by atoms with Crippen molar-refractivity contribution in [1.29, 1.82) is 0 Å². The molecular formula is C16H30N6. The van der Waals surface area contributed by atoms with E-state index in [1.165, 1.54) is 45.2 Å². The second kappa shape index (κ2) is 7.51. The zero-order chi connectivity index (χ0) is 15.4. The number of tetrazole rings is 1. The van der Waals surface area contributed by atoms with Crippen LogP contribution in [0.1, 0.15) is 70.3 Å². The van der Waals surface area contributed by atoms with Gasteiger partial charge in [-0.15, -0.1) is 5.10 Å². The number of hydrogen-bond acceptors (Lipinski definition) is 5. The van der Waals surface area contributed by atoms with Gasteiger partial charge in [-0.3, -0.25) is 4.90 Å². The molecule has 0 unspecified atom stereocenters. The van der Waals surface area contributed by atoms with Crippen molar-refractivity contribution in [3.63, 3.8) is 0 Å². The predicted octanol–water partition coefficient (Wildman–Crippen LogP) is 2.27. The highest BCUT2D eigenvalue weighted by Crippen LogP contribution is 2.33. The van der Waals surface area contributed by atoms with Gasteiger partial charge in [0.05, 0.1) is 12.1 Å². The van der Waals surface area contributed by atoms with Crippen molar-refractivity contribution < 1.29 is 0 Å². The first-order chi connectivity index (χ1) is 10.8. The molecule has 1 aliphatic heterocycles. The minimum atomic E-state index is 0.389. The number of piperazine rings is 1. The standard InChI is InChI=1S/C16H30N6/c1-3-7-15(21-12-10-20(4-2)11-13-21)16-17-18-19-22(16)14-8-5-6-9-14/h14-15H,3-13H2,1-2H3/t15-/m0/s1. The molecule has 2 fully saturated rings. The van der Waals surface area contributed by atoms with E-state index >= 15 is 0 Å². The first-order valence-electron chi connectivity index (χ1n) is 9.07. The SMILES string of the molecule is CCC[C@@H](c1nnnn1C1CCCC1)N1CCN(CC)CC1. The van der Waals surface area contributed by atoms with Crippen LogP contribution in [0.4, 0.5) is 0 Å². The lowest BCUT2D eigenvalue weighted by molar-refractivity contribution is 0.0878. The third-order valence-electron chi connectivity index (χ3n) is 5.34. The normalized spacial score (nSPS) is 23.2. The van der Waals surface area contributed by atoms with Gasteiger partial charge in [0.1, 0.15) is 0 Å². The summed E-state index contributed by atoms with van der Waals surface area (Å²) in [4.78, 5) is 5.13. The summed E-state index contributed by atoms with van der Waals surface area (Å²) in [5.74, 6) is 1.11. The van der Waals surface area contributed by atoms with Crippen molar-refractivity contribution in [3.05, 3.63) is 5.82 Å². The van der Waals surface area contributed by atoms with Crippen LogP contribution >= 0.6 is 0 Å². The van der Waals surface area contributed by atoms with E-state index in [1.807, 2.05) is 0 Å². The van der Waals surface area contributed by atoms with E-state index < -0.39 is 0 Å². The summed E-state index contributed by atoms with van der Waals surface area (Å²) in [6.07, 6.45) is 7.44. The quantitative estimate of drug-likeness (QED) is 0.807. The van der Waals surface area contributed by atoms with E-state index in [1.54, 1.807) is 0 Å². The highest BCUT2D eigenvalue weighted by molar-refractivity contribution is 4.97. The monoisotopic (exact) mass is 306 g/mol. The number of rotatable bonds is 6. The van der Waals surface area contributed by atoms with Crippen LogP contribution in [-0.4, -0.2) is 62.7 Å². The van der Waals surface area contributed by atoms with Crippen molar-refractivity contribution in [2.24, 2.45) is 0 Å². The molecule has 6 nitrogen and oxygen atoms in total. The molecule has 22 heavy (non-hydrogen) atoms. The minimum absolute atomic E-state index is 0.389. The number of likely N-dealkylation sites (N-methyl/N-ethyl adjacent to an activating group) is 1. The van der Waals surface area contributed by atoms with Crippen LogP contribution in [0.5, 0.6) is 0 Å². The van der Waals surface area contributed by atoms with E-state index in [2.05, 4.69) is 43.9 Å². The molecule has 1 aromatic heterocycles. The lowest BCUT2D eigenvalue weighted by Gasteiger charge is -2.38. The van der Waals surface area contributed by atoms with Crippen LogP contribution in [0.25, 0.3) is 0 Å². The number of aromatic nitrogens is 4. The molecule has 0 spiro atoms. The fourth-order valence-electron chi connectivity index (χ4n) is 3.97. The Morgan fingerprint density at radius 2 is 1.82 bits per heavy atom. The maximum atomic E-state index is 4.44. The van der Waals surface area contributed by atoms with Crippen molar-refractivity contribution in [1.82, 2.24) is 30.0 Å². The molecule has 1 aromatic rings. The van der Waals surface area contributed by atoms with Gasteiger partial charge >= 0.3 is 0 Å². The molecule has 6 heteroatoms. The Morgan fingerprint density at radius 3 is 2.45 bits per heavy atom. The Balaban J connectivity index is 1.75. The highest BCUT2D eigenvalue weighted by atomic mass is 15.6. The smallest absolute Gasteiger partial charge is 0.168 e. The summed E-state index contributed by atoms with van der Waals surface area (Å²) in [5.41, 5.74) is 0. The van der Waals surface area contributed by atoms with Crippen LogP contribution in [0, 0.1) is 0 Å².